The summed E-state index contributed by atoms with van der Waals surface area (Å²) in [7, 11) is 0. The minimum Gasteiger partial charge on any atom is -0.454 e. The Morgan fingerprint density at radius 2 is 1.81 bits per heavy atom. The molecule has 1 aromatic heterocycles. The van der Waals surface area contributed by atoms with Gasteiger partial charge in [-0.25, -0.2) is 9.07 Å². The molecule has 0 bridgehead atoms. The molecule has 1 aliphatic heterocycles. The average molecular weight is 504 g/mol. The van der Waals surface area contributed by atoms with Crippen molar-refractivity contribution in [2.45, 2.75) is 33.0 Å². The van der Waals surface area contributed by atoms with Gasteiger partial charge in [-0.15, -0.1) is 5.10 Å². The van der Waals surface area contributed by atoms with E-state index in [9.17, 15) is 14.0 Å². The number of amides is 2. The molecule has 0 aliphatic carbocycles. The van der Waals surface area contributed by atoms with Crippen LogP contribution in [0, 0.1) is 11.7 Å². The van der Waals surface area contributed by atoms with E-state index >= 15 is 0 Å². The van der Waals surface area contributed by atoms with Crippen LogP contribution in [0.2, 0.25) is 0 Å². The summed E-state index contributed by atoms with van der Waals surface area (Å²) in [6.45, 7) is 3.88. The van der Waals surface area contributed by atoms with Crippen LogP contribution in [-0.4, -0.2) is 44.5 Å². The van der Waals surface area contributed by atoms with Crippen LogP contribution < -0.4 is 14.8 Å². The summed E-state index contributed by atoms with van der Waals surface area (Å²) in [6, 6.07) is 17.5. The van der Waals surface area contributed by atoms with Gasteiger partial charge in [0.25, 0.3) is 0 Å². The highest BCUT2D eigenvalue weighted by molar-refractivity contribution is 5.97. The van der Waals surface area contributed by atoms with Crippen LogP contribution in [0.15, 0.2) is 66.7 Å². The summed E-state index contributed by atoms with van der Waals surface area (Å²) in [5.74, 6) is -0.141. The van der Waals surface area contributed by atoms with Crippen molar-refractivity contribution < 1.29 is 23.5 Å². The fourth-order valence-corrected chi connectivity index (χ4v) is 4.38. The first kappa shape index (κ1) is 24.2. The summed E-state index contributed by atoms with van der Waals surface area (Å²) < 4.78 is 25.8. The maximum Gasteiger partial charge on any atom is 0.247 e. The molecular weight excluding hydrogens is 477 g/mol. The van der Waals surface area contributed by atoms with E-state index in [1.54, 1.807) is 30.3 Å². The van der Waals surface area contributed by atoms with Crippen LogP contribution in [0.25, 0.3) is 11.0 Å². The van der Waals surface area contributed by atoms with Crippen molar-refractivity contribution in [3.05, 3.63) is 78.1 Å². The molecule has 2 amide bonds. The molecule has 0 spiro atoms. The van der Waals surface area contributed by atoms with Gasteiger partial charge in [-0.3, -0.25) is 9.59 Å². The van der Waals surface area contributed by atoms with Gasteiger partial charge >= 0.3 is 0 Å². The van der Waals surface area contributed by atoms with Crippen molar-refractivity contribution in [1.82, 2.24) is 19.9 Å². The van der Waals surface area contributed by atoms with Gasteiger partial charge in [-0.2, -0.15) is 0 Å². The molecule has 1 N–H and O–H groups in total. The van der Waals surface area contributed by atoms with Crippen molar-refractivity contribution in [3.8, 4) is 11.5 Å². The Hall–Kier alpha value is -4.47. The number of hydrogen-bond donors (Lipinski definition) is 1. The normalized spacial score (nSPS) is 13.1. The predicted octanol–water partition coefficient (Wildman–Crippen LogP) is 3.99. The summed E-state index contributed by atoms with van der Waals surface area (Å²) >= 11 is 0. The Labute approximate surface area is 212 Å². The highest BCUT2D eigenvalue weighted by atomic mass is 19.1. The fraction of sp³-hybridized carbons (Fsp3) is 0.259. The molecule has 0 saturated heterocycles. The Morgan fingerprint density at radius 1 is 1.05 bits per heavy atom. The minimum absolute atomic E-state index is 0.109. The molecule has 3 aromatic carbocycles. The quantitative estimate of drug-likeness (QED) is 0.390. The molecule has 37 heavy (non-hydrogen) atoms. The molecular formula is C27H26FN5O4. The molecule has 1 atom stereocenters. The molecule has 4 aromatic rings. The van der Waals surface area contributed by atoms with Crippen molar-refractivity contribution >= 4 is 28.5 Å². The number of benzene rings is 3. The lowest BCUT2D eigenvalue weighted by atomic mass is 10.00. The van der Waals surface area contributed by atoms with E-state index in [4.69, 9.17) is 9.47 Å². The van der Waals surface area contributed by atoms with Crippen LogP contribution in [0.4, 0.5) is 10.1 Å². The van der Waals surface area contributed by atoms with Gasteiger partial charge in [-0.05, 0) is 47.9 Å². The number of nitrogens with one attached hydrogen (secondary N) is 1. The Balaban J connectivity index is 1.44. The van der Waals surface area contributed by atoms with E-state index in [2.05, 4.69) is 15.6 Å². The first-order chi connectivity index (χ1) is 17.9. The molecule has 0 fully saturated rings. The van der Waals surface area contributed by atoms with E-state index in [-0.39, 0.29) is 43.4 Å². The summed E-state index contributed by atoms with van der Waals surface area (Å²) in [5.41, 5.74) is 2.60. The number of hydrogen-bond acceptors (Lipinski definition) is 6. The lowest BCUT2D eigenvalue weighted by Gasteiger charge is -2.33. The van der Waals surface area contributed by atoms with Crippen molar-refractivity contribution in [2.75, 3.05) is 12.1 Å². The van der Waals surface area contributed by atoms with Crippen LogP contribution in [-0.2, 0) is 22.7 Å². The Morgan fingerprint density at radius 3 is 2.59 bits per heavy atom. The summed E-state index contributed by atoms with van der Waals surface area (Å²) in [6.07, 6.45) is 0. The molecule has 190 valence electrons. The van der Waals surface area contributed by atoms with Crippen LogP contribution in [0.1, 0.15) is 19.4 Å². The SMILES string of the molecule is CC(C)C(C(=O)Nc1ccc2c(c1)OCO2)N(Cc1ccc(F)cc1)C(=O)Cn1nnc2ccccc21. The third-order valence-corrected chi connectivity index (χ3v) is 6.17. The number of carbonyl (C=O) groups is 2. The zero-order valence-corrected chi connectivity index (χ0v) is 20.4. The molecule has 2 heterocycles. The number of carbonyl (C=O) groups excluding carboxylic acids is 2. The molecule has 0 radical (unpaired) electrons. The zero-order valence-electron chi connectivity index (χ0n) is 20.4. The number of anilines is 1. The number of halogens is 1. The number of ether oxygens (including phenoxy) is 2. The van der Waals surface area contributed by atoms with Crippen LogP contribution in [0.3, 0.4) is 0 Å². The number of nitrogens with zero attached hydrogens (tertiary/aromatic N) is 4. The van der Waals surface area contributed by atoms with Crippen LogP contribution >= 0.6 is 0 Å². The third-order valence-electron chi connectivity index (χ3n) is 6.17. The van der Waals surface area contributed by atoms with Gasteiger partial charge in [0.15, 0.2) is 11.5 Å². The predicted molar refractivity (Wildman–Crippen MR) is 134 cm³/mol. The summed E-state index contributed by atoms with van der Waals surface area (Å²) in [4.78, 5) is 28.8. The second kappa shape index (κ2) is 10.3. The first-order valence-electron chi connectivity index (χ1n) is 11.9. The topological polar surface area (TPSA) is 98.6 Å². The van der Waals surface area contributed by atoms with Crippen molar-refractivity contribution in [3.63, 3.8) is 0 Å². The number of fused-ring (bicyclic) bond motifs is 2. The molecule has 1 aliphatic rings. The van der Waals surface area contributed by atoms with E-state index in [1.165, 1.54) is 21.7 Å². The Bertz CT molecular complexity index is 1440. The van der Waals surface area contributed by atoms with Gasteiger partial charge in [0.2, 0.25) is 18.6 Å². The minimum atomic E-state index is -0.822. The highest BCUT2D eigenvalue weighted by Gasteiger charge is 2.33. The lowest BCUT2D eigenvalue weighted by Crippen LogP contribution is -2.50. The van der Waals surface area contributed by atoms with Crippen molar-refractivity contribution in [1.29, 1.82) is 0 Å². The molecule has 10 heteroatoms. The maximum absolute atomic E-state index is 13.7. The molecule has 0 saturated carbocycles. The van der Waals surface area contributed by atoms with E-state index in [0.29, 0.717) is 33.8 Å². The Kier molecular flexibility index (Phi) is 6.72. The highest BCUT2D eigenvalue weighted by Crippen LogP contribution is 2.34. The van der Waals surface area contributed by atoms with Gasteiger partial charge in [-0.1, -0.05) is 43.3 Å². The standard InChI is InChI=1S/C27H26FN5O4/c1-17(2)26(27(35)29-20-11-12-23-24(13-20)37-16-36-23)32(14-18-7-9-19(28)10-8-18)25(34)15-33-22-6-4-3-5-21(22)30-31-33/h3-13,17,26H,14-16H2,1-2H3,(H,29,35). The zero-order chi connectivity index (χ0) is 25.9. The van der Waals surface area contributed by atoms with Gasteiger partial charge in [0, 0.05) is 18.3 Å². The second-order valence-electron chi connectivity index (χ2n) is 9.13. The van der Waals surface area contributed by atoms with Crippen LogP contribution in [0.5, 0.6) is 11.5 Å². The number of para-hydroxylation sites is 1. The van der Waals surface area contributed by atoms with Gasteiger partial charge < -0.3 is 19.7 Å². The average Bonchev–Trinajstić information content (AvgIpc) is 3.51. The monoisotopic (exact) mass is 503 g/mol. The lowest BCUT2D eigenvalue weighted by molar-refractivity contribution is -0.141. The van der Waals surface area contributed by atoms with Gasteiger partial charge in [0.05, 0.1) is 5.52 Å². The third kappa shape index (κ3) is 5.23. The number of rotatable bonds is 8. The molecule has 5 rings (SSSR count). The fourth-order valence-electron chi connectivity index (χ4n) is 4.38. The summed E-state index contributed by atoms with van der Waals surface area (Å²) in [5, 5.41) is 11.2. The van der Waals surface area contributed by atoms with E-state index in [1.807, 2.05) is 38.1 Å². The van der Waals surface area contributed by atoms with Crippen molar-refractivity contribution in [2.24, 2.45) is 5.92 Å². The number of aromatic nitrogens is 3. The molecule has 1 unspecified atom stereocenters. The second-order valence-corrected chi connectivity index (χ2v) is 9.13. The maximum atomic E-state index is 13.7. The van der Waals surface area contributed by atoms with E-state index < -0.39 is 6.04 Å². The first-order valence-corrected chi connectivity index (χ1v) is 11.9. The largest absolute Gasteiger partial charge is 0.454 e. The molecule has 9 nitrogen and oxygen atoms in total. The smallest absolute Gasteiger partial charge is 0.247 e. The van der Waals surface area contributed by atoms with E-state index in [0.717, 1.165) is 0 Å². The van der Waals surface area contributed by atoms with Gasteiger partial charge in [0.1, 0.15) is 23.9 Å².